The second kappa shape index (κ2) is 6.04. The molecule has 0 unspecified atom stereocenters. The van der Waals surface area contributed by atoms with Crippen molar-refractivity contribution in [3.8, 4) is 0 Å². The average molecular weight is 341 g/mol. The lowest BCUT2D eigenvalue weighted by molar-refractivity contribution is 0.0526. The third kappa shape index (κ3) is 2.53. The number of hydrogen-bond donors (Lipinski definition) is 0. The van der Waals surface area contributed by atoms with Crippen LogP contribution in [0.4, 0.5) is 0 Å². The summed E-state index contributed by atoms with van der Waals surface area (Å²) in [5.74, 6) is -1.02. The van der Waals surface area contributed by atoms with Gasteiger partial charge in [-0.3, -0.25) is 0 Å². The van der Waals surface area contributed by atoms with Crippen LogP contribution in [0.5, 0.6) is 0 Å². The summed E-state index contributed by atoms with van der Waals surface area (Å²) in [7, 11) is 1.28. The van der Waals surface area contributed by atoms with Crippen molar-refractivity contribution < 1.29 is 19.1 Å². The number of carbonyl (C=O) groups excluding carboxylic acids is 2. The fourth-order valence-electron chi connectivity index (χ4n) is 1.82. The van der Waals surface area contributed by atoms with Gasteiger partial charge in [-0.25, -0.2) is 14.6 Å². The van der Waals surface area contributed by atoms with E-state index in [4.69, 9.17) is 4.74 Å². The molecule has 0 aliphatic carbocycles. The van der Waals surface area contributed by atoms with Crippen molar-refractivity contribution in [3.05, 3.63) is 35.3 Å². The molecule has 0 saturated carbocycles. The highest BCUT2D eigenvalue weighted by molar-refractivity contribution is 9.08. The molecule has 2 aromatic heterocycles. The lowest BCUT2D eigenvalue weighted by Crippen LogP contribution is -2.10. The standard InChI is InChI=1S/C13H13BrN2O4/c1-3-20-12(17)9-4-5-16-8(7-14)6-10(13(18)19-2)15-11(9)16/h4-6H,3,7H2,1-2H3. The normalized spacial score (nSPS) is 10.6. The molecule has 0 fully saturated rings. The van der Waals surface area contributed by atoms with Crippen LogP contribution >= 0.6 is 15.9 Å². The first-order valence-electron chi connectivity index (χ1n) is 5.94. The highest BCUT2D eigenvalue weighted by Crippen LogP contribution is 2.18. The van der Waals surface area contributed by atoms with E-state index in [1.165, 1.54) is 7.11 Å². The molecular weight excluding hydrogens is 328 g/mol. The number of methoxy groups -OCH3 is 1. The summed E-state index contributed by atoms with van der Waals surface area (Å²) in [5, 5.41) is 0.507. The molecule has 0 saturated heterocycles. The maximum atomic E-state index is 11.9. The number of esters is 2. The van der Waals surface area contributed by atoms with Crippen molar-refractivity contribution in [2.24, 2.45) is 0 Å². The monoisotopic (exact) mass is 340 g/mol. The van der Waals surface area contributed by atoms with Gasteiger partial charge >= 0.3 is 11.9 Å². The quantitative estimate of drug-likeness (QED) is 0.630. The van der Waals surface area contributed by atoms with Gasteiger partial charge in [-0.05, 0) is 19.1 Å². The molecule has 6 nitrogen and oxygen atoms in total. The number of halogens is 1. The van der Waals surface area contributed by atoms with Crippen molar-refractivity contribution in [2.75, 3.05) is 13.7 Å². The second-order valence-corrected chi connectivity index (χ2v) is 4.46. The molecule has 0 bridgehead atoms. The number of carbonyl (C=O) groups is 2. The fourth-order valence-corrected chi connectivity index (χ4v) is 2.26. The topological polar surface area (TPSA) is 69.9 Å². The number of aromatic nitrogens is 2. The first kappa shape index (κ1) is 14.5. The predicted octanol–water partition coefficient (Wildman–Crippen LogP) is 2.19. The van der Waals surface area contributed by atoms with Gasteiger partial charge in [-0.2, -0.15) is 0 Å². The van der Waals surface area contributed by atoms with E-state index in [1.54, 1.807) is 29.7 Å². The van der Waals surface area contributed by atoms with Crippen LogP contribution in [-0.2, 0) is 14.8 Å². The molecule has 0 radical (unpaired) electrons. The molecule has 20 heavy (non-hydrogen) atoms. The van der Waals surface area contributed by atoms with Crippen LogP contribution in [0.2, 0.25) is 0 Å². The van der Waals surface area contributed by atoms with Gasteiger partial charge in [0.2, 0.25) is 0 Å². The Morgan fingerprint density at radius 1 is 1.40 bits per heavy atom. The Morgan fingerprint density at radius 2 is 2.15 bits per heavy atom. The van der Waals surface area contributed by atoms with Crippen LogP contribution in [0.25, 0.3) is 5.65 Å². The summed E-state index contributed by atoms with van der Waals surface area (Å²) in [6.07, 6.45) is 1.71. The number of hydrogen-bond acceptors (Lipinski definition) is 5. The highest BCUT2D eigenvalue weighted by atomic mass is 79.9. The zero-order valence-corrected chi connectivity index (χ0v) is 12.6. The van der Waals surface area contributed by atoms with Crippen molar-refractivity contribution in [3.63, 3.8) is 0 Å². The Morgan fingerprint density at radius 3 is 2.75 bits per heavy atom. The first-order chi connectivity index (χ1) is 9.62. The van der Waals surface area contributed by atoms with Crippen LogP contribution in [0.3, 0.4) is 0 Å². The number of fused-ring (bicyclic) bond motifs is 1. The van der Waals surface area contributed by atoms with Crippen molar-refractivity contribution in [1.29, 1.82) is 0 Å². The number of ether oxygens (including phenoxy) is 2. The number of nitrogens with zero attached hydrogens (tertiary/aromatic N) is 2. The van der Waals surface area contributed by atoms with Crippen molar-refractivity contribution >= 4 is 33.5 Å². The van der Waals surface area contributed by atoms with E-state index in [0.717, 1.165) is 5.69 Å². The van der Waals surface area contributed by atoms with E-state index in [2.05, 4.69) is 25.7 Å². The second-order valence-electron chi connectivity index (χ2n) is 3.90. The molecule has 0 spiro atoms. The fraction of sp³-hybridized carbons (Fsp3) is 0.308. The summed E-state index contributed by atoms with van der Waals surface area (Å²) in [6.45, 7) is 2.01. The minimum Gasteiger partial charge on any atom is -0.464 e. The minimum absolute atomic E-state index is 0.152. The Bertz CT molecular complexity index is 666. The maximum absolute atomic E-state index is 11.9. The van der Waals surface area contributed by atoms with Gasteiger partial charge in [0.25, 0.3) is 0 Å². The number of alkyl halides is 1. The predicted molar refractivity (Wildman–Crippen MR) is 75.1 cm³/mol. The van der Waals surface area contributed by atoms with Gasteiger partial charge in [0.15, 0.2) is 11.3 Å². The van der Waals surface area contributed by atoms with Gasteiger partial charge < -0.3 is 13.9 Å². The molecule has 0 atom stereocenters. The molecule has 0 aliphatic heterocycles. The van der Waals surface area contributed by atoms with Crippen LogP contribution in [0, 0.1) is 0 Å². The van der Waals surface area contributed by atoms with Crippen LogP contribution in [-0.4, -0.2) is 35.0 Å². The maximum Gasteiger partial charge on any atom is 0.356 e. The summed E-state index contributed by atoms with van der Waals surface area (Å²) < 4.78 is 11.4. The van der Waals surface area contributed by atoms with E-state index >= 15 is 0 Å². The zero-order chi connectivity index (χ0) is 14.7. The van der Waals surface area contributed by atoms with Crippen molar-refractivity contribution in [2.45, 2.75) is 12.3 Å². The Balaban J connectivity index is 2.63. The summed E-state index contributed by atoms with van der Waals surface area (Å²) >= 11 is 3.34. The molecule has 0 aromatic carbocycles. The van der Waals surface area contributed by atoms with E-state index in [0.29, 0.717) is 16.5 Å². The third-order valence-corrected chi connectivity index (χ3v) is 3.30. The van der Waals surface area contributed by atoms with E-state index < -0.39 is 11.9 Å². The number of rotatable bonds is 4. The Kier molecular flexibility index (Phi) is 4.39. The smallest absolute Gasteiger partial charge is 0.356 e. The SMILES string of the molecule is CCOC(=O)c1ccn2c(CBr)cc(C(=O)OC)nc12. The Hall–Kier alpha value is -1.89. The Labute approximate surface area is 123 Å². The van der Waals surface area contributed by atoms with Gasteiger partial charge in [-0.1, -0.05) is 15.9 Å². The van der Waals surface area contributed by atoms with Gasteiger partial charge in [0.05, 0.1) is 13.7 Å². The molecule has 0 aliphatic rings. The zero-order valence-electron chi connectivity index (χ0n) is 11.1. The summed E-state index contributed by atoms with van der Waals surface area (Å²) in [6, 6.07) is 3.23. The van der Waals surface area contributed by atoms with Gasteiger partial charge in [0, 0.05) is 17.2 Å². The molecule has 0 N–H and O–H groups in total. The van der Waals surface area contributed by atoms with E-state index in [-0.39, 0.29) is 12.3 Å². The highest BCUT2D eigenvalue weighted by Gasteiger charge is 2.18. The molecular formula is C13H13BrN2O4. The molecule has 2 rings (SSSR count). The summed E-state index contributed by atoms with van der Waals surface area (Å²) in [4.78, 5) is 27.7. The van der Waals surface area contributed by atoms with Gasteiger partial charge in [0.1, 0.15) is 5.56 Å². The van der Waals surface area contributed by atoms with Crippen molar-refractivity contribution in [1.82, 2.24) is 9.38 Å². The molecule has 106 valence electrons. The third-order valence-electron chi connectivity index (χ3n) is 2.73. The van der Waals surface area contributed by atoms with Crippen LogP contribution in [0.15, 0.2) is 18.3 Å². The largest absolute Gasteiger partial charge is 0.464 e. The van der Waals surface area contributed by atoms with Gasteiger partial charge in [-0.15, -0.1) is 0 Å². The lowest BCUT2D eigenvalue weighted by atomic mass is 10.3. The van der Waals surface area contributed by atoms with Crippen LogP contribution < -0.4 is 0 Å². The minimum atomic E-state index is -0.550. The lowest BCUT2D eigenvalue weighted by Gasteiger charge is -2.07. The first-order valence-corrected chi connectivity index (χ1v) is 7.06. The van der Waals surface area contributed by atoms with Crippen LogP contribution in [0.1, 0.15) is 33.5 Å². The van der Waals surface area contributed by atoms with E-state index in [1.807, 2.05) is 0 Å². The average Bonchev–Trinajstić information content (AvgIpc) is 2.89. The molecule has 2 aromatic rings. The molecule has 2 heterocycles. The molecule has 0 amide bonds. The molecule has 7 heteroatoms. The summed E-state index contributed by atoms with van der Waals surface area (Å²) in [5.41, 5.74) is 1.63. The van der Waals surface area contributed by atoms with E-state index in [9.17, 15) is 9.59 Å².